The summed E-state index contributed by atoms with van der Waals surface area (Å²) in [6.45, 7) is 9.81. The van der Waals surface area contributed by atoms with Crippen molar-refractivity contribution in [1.29, 1.82) is 0 Å². The smallest absolute Gasteiger partial charge is 0.357 e. The van der Waals surface area contributed by atoms with E-state index in [1.165, 1.54) is 0 Å². The number of hydrogen-bond acceptors (Lipinski definition) is 12. The Kier molecular flexibility index (Phi) is 110. The van der Waals surface area contributed by atoms with E-state index in [0.717, 1.165) is 25.9 Å². The Morgan fingerprint density at radius 1 is 0.735 bits per heavy atom. The second-order valence-electron chi connectivity index (χ2n) is 3.40. The Morgan fingerprint density at radius 3 is 0.941 bits per heavy atom. The third kappa shape index (κ3) is 23.2. The first-order valence-corrected chi connectivity index (χ1v) is 6.59. The van der Waals surface area contributed by atoms with E-state index >= 15 is 0 Å². The molecule has 12 nitrogen and oxygen atoms in total. The molecule has 1 spiro atoms. The second kappa shape index (κ2) is 48.4. The van der Waals surface area contributed by atoms with E-state index in [9.17, 15) is 19.2 Å². The van der Waals surface area contributed by atoms with Gasteiger partial charge < -0.3 is 47.9 Å². The van der Waals surface area contributed by atoms with Gasteiger partial charge in [0.1, 0.15) is 0 Å². The number of esters is 4. The third-order valence-corrected chi connectivity index (χ3v) is 1.97. The van der Waals surface area contributed by atoms with Crippen molar-refractivity contribution < 1.29 is 64.0 Å². The van der Waals surface area contributed by atoms with E-state index in [1.807, 2.05) is 0 Å². The first kappa shape index (κ1) is 76.9. The van der Waals surface area contributed by atoms with Crippen molar-refractivity contribution in [1.82, 2.24) is 0 Å². The SMILES string of the molecule is C.C.C.C.C.C.C.C.CCCN.NCN.O=C1OC(=O)C12C(=O)OC2=O.O=[C-]O[C-]=O.[CH2-]C.[W]. The zero-order chi connectivity index (χ0) is 20.5. The van der Waals surface area contributed by atoms with Crippen LogP contribution in [0, 0.1) is 12.3 Å². The van der Waals surface area contributed by atoms with Crippen LogP contribution in [0.4, 0.5) is 0 Å². The maximum Gasteiger partial charge on any atom is 0.357 e. The molecule has 34 heavy (non-hydrogen) atoms. The molecule has 0 aromatic carbocycles. The fourth-order valence-corrected chi connectivity index (χ4v) is 0.899. The van der Waals surface area contributed by atoms with Crippen LogP contribution in [0.1, 0.15) is 79.7 Å². The molecule has 0 amide bonds. The van der Waals surface area contributed by atoms with Crippen LogP contribution >= 0.6 is 0 Å². The Labute approximate surface area is 223 Å². The fraction of sp³-hybridized carbons (Fsp3) is 0.667. The van der Waals surface area contributed by atoms with Crippen molar-refractivity contribution >= 4 is 36.8 Å². The van der Waals surface area contributed by atoms with Gasteiger partial charge in [-0.05, 0) is 13.0 Å². The van der Waals surface area contributed by atoms with Crippen LogP contribution in [0.2, 0.25) is 0 Å². The molecule has 13 heteroatoms. The summed E-state index contributed by atoms with van der Waals surface area (Å²) in [5.41, 5.74) is 12.1. The van der Waals surface area contributed by atoms with E-state index in [2.05, 4.69) is 39.5 Å². The predicted molar refractivity (Wildman–Crippen MR) is 135 cm³/mol. The minimum absolute atomic E-state index is 0. The van der Waals surface area contributed by atoms with Gasteiger partial charge in [0, 0.05) is 27.7 Å². The standard InChI is InChI=1S/C5O6.C3H9N.C2O3.C2H5.CH6N2.8CH4.W/c6-1-5(2(7)10-1)3(8)11-4(5)9;1-2-3-4;3-1-5-2-4;1-2;2-1-3;;;;;;;;;/h;2-4H2,1H3;;1H2,2H3;1-3H2;8*1H4;/q;;-2;-1;;;;;;;;;;. The van der Waals surface area contributed by atoms with Gasteiger partial charge in [-0.25, -0.2) is 19.2 Å². The van der Waals surface area contributed by atoms with Gasteiger partial charge in [0.25, 0.3) is 0 Å². The van der Waals surface area contributed by atoms with Crippen molar-refractivity contribution in [3.63, 3.8) is 0 Å². The number of hydrogen-bond donors (Lipinski definition) is 3. The van der Waals surface area contributed by atoms with Crippen molar-refractivity contribution in [2.24, 2.45) is 22.6 Å². The molecule has 0 saturated carbocycles. The maximum atomic E-state index is 10.5. The first-order valence-electron chi connectivity index (χ1n) is 6.59. The predicted octanol–water partition coefficient (Wildman–Crippen LogP) is 2.42. The van der Waals surface area contributed by atoms with E-state index in [4.69, 9.17) is 15.3 Å². The molecule has 0 aromatic rings. The van der Waals surface area contributed by atoms with Crippen LogP contribution < -0.4 is 17.2 Å². The van der Waals surface area contributed by atoms with Crippen molar-refractivity contribution in [2.45, 2.75) is 79.7 Å². The molecule has 2 heterocycles. The van der Waals surface area contributed by atoms with Crippen LogP contribution in [0.15, 0.2) is 0 Å². The minimum atomic E-state index is -2.22. The third-order valence-electron chi connectivity index (χ3n) is 1.97. The number of rotatable bonds is 3. The van der Waals surface area contributed by atoms with Gasteiger partial charge in [-0.3, -0.25) is 0 Å². The number of carbonyl (C=O) groups is 4. The summed E-state index contributed by atoms with van der Waals surface area (Å²) in [6.07, 6.45) is 1.10. The Hall–Kier alpha value is -2.01. The van der Waals surface area contributed by atoms with Crippen molar-refractivity contribution in [3.8, 4) is 0 Å². The Bertz CT molecular complexity index is 407. The molecular formula is C21H52N3O9W-3. The summed E-state index contributed by atoms with van der Waals surface area (Å²) < 4.78 is 10.9. The van der Waals surface area contributed by atoms with Gasteiger partial charge in [0.15, 0.2) is 0 Å². The molecule has 2 aliphatic rings. The largest absolute Gasteiger partial charge is 0.783 e. The van der Waals surface area contributed by atoms with Crippen LogP contribution in [0.25, 0.3) is 0 Å². The molecule has 2 saturated heterocycles. The molecule has 2 fully saturated rings. The average molecular weight is 674 g/mol. The van der Waals surface area contributed by atoms with Gasteiger partial charge >= 0.3 is 29.3 Å². The van der Waals surface area contributed by atoms with Gasteiger partial charge in [0.2, 0.25) is 0 Å². The quantitative estimate of drug-likeness (QED) is 0.130. The minimum Gasteiger partial charge on any atom is -0.783 e. The second-order valence-corrected chi connectivity index (χ2v) is 3.40. The summed E-state index contributed by atoms with van der Waals surface area (Å²) in [7, 11) is 0. The molecule has 0 atom stereocenters. The van der Waals surface area contributed by atoms with E-state index in [0.29, 0.717) is 0 Å². The molecule has 2 aliphatic heterocycles. The summed E-state index contributed by atoms with van der Waals surface area (Å²) >= 11 is 0. The van der Waals surface area contributed by atoms with Gasteiger partial charge in [-0.15, -0.1) is 12.9 Å². The monoisotopic (exact) mass is 674 g/mol. The van der Waals surface area contributed by atoms with E-state index < -0.39 is 29.3 Å². The zero-order valence-corrected chi connectivity index (χ0v) is 17.1. The van der Waals surface area contributed by atoms with E-state index in [-0.39, 0.29) is 87.1 Å². The molecule has 6 N–H and O–H groups in total. The fourth-order valence-electron chi connectivity index (χ4n) is 0.899. The molecule has 0 bridgehead atoms. The average Bonchev–Trinajstić information content (AvgIpc) is 2.58. The number of nitrogens with two attached hydrogens (primary N) is 3. The molecule has 0 radical (unpaired) electrons. The summed E-state index contributed by atoms with van der Waals surface area (Å²) in [4.78, 5) is 59.6. The van der Waals surface area contributed by atoms with Crippen molar-refractivity contribution in [2.75, 3.05) is 13.2 Å². The molecule has 0 unspecified atom stereocenters. The van der Waals surface area contributed by atoms with Crippen LogP contribution in [-0.4, -0.2) is 50.0 Å². The van der Waals surface area contributed by atoms with E-state index in [1.54, 1.807) is 6.92 Å². The maximum absolute atomic E-state index is 10.5. The first-order chi connectivity index (χ1) is 11.8. The number of cyclic esters (lactones) is 4. The normalized spacial score (nSPS) is 10.6. The summed E-state index contributed by atoms with van der Waals surface area (Å²) in [5.74, 6) is -4.54. The number of carbonyl (C=O) groups excluding carboxylic acids is 6. The molecule has 0 aliphatic carbocycles. The van der Waals surface area contributed by atoms with Gasteiger partial charge in [-0.1, -0.05) is 66.3 Å². The molecule has 214 valence electrons. The molecule has 0 aromatic heterocycles. The van der Waals surface area contributed by atoms with Crippen LogP contribution in [0.5, 0.6) is 0 Å². The zero-order valence-electron chi connectivity index (χ0n) is 14.1. The number of ether oxygens (including phenoxy) is 3. The van der Waals surface area contributed by atoms with Crippen molar-refractivity contribution in [3.05, 3.63) is 6.92 Å². The van der Waals surface area contributed by atoms with Gasteiger partial charge in [-0.2, -0.15) is 6.92 Å². The summed E-state index contributed by atoms with van der Waals surface area (Å²) in [6, 6.07) is 0. The molecule has 2 rings (SSSR count). The Balaban J connectivity index is -0.0000000188. The summed E-state index contributed by atoms with van der Waals surface area (Å²) in [5, 5.41) is 0. The Morgan fingerprint density at radius 2 is 0.912 bits per heavy atom. The molecular weight excluding hydrogens is 622 g/mol. The van der Waals surface area contributed by atoms with Crippen LogP contribution in [-0.2, 0) is 64.0 Å². The van der Waals surface area contributed by atoms with Crippen LogP contribution in [0.3, 0.4) is 0 Å². The van der Waals surface area contributed by atoms with Gasteiger partial charge in [0.05, 0.1) is 0 Å². The topological polar surface area (TPSA) is 208 Å².